The number of carbonyl (C=O) groups excluding carboxylic acids is 1. The standard InChI is InChI=1S/C20H29N3O3S.ClH/c1-14-4-7-17(8-5-14)27(25,26)23-10-2-3-16(12-23)20(24)22-11-15-6-9-19(21)18(15)13-22;/h4-5,7-8,15-16,18-19H,2-3,6,9-13,21H2,1H3;1H. The summed E-state index contributed by atoms with van der Waals surface area (Å²) in [4.78, 5) is 15.3. The quantitative estimate of drug-likeness (QED) is 0.799. The Balaban J connectivity index is 0.00000225. The summed E-state index contributed by atoms with van der Waals surface area (Å²) in [5, 5.41) is 0. The molecular weight excluding hydrogens is 398 g/mol. The smallest absolute Gasteiger partial charge is 0.243 e. The van der Waals surface area contributed by atoms with Crippen LogP contribution in [0.1, 0.15) is 31.2 Å². The third kappa shape index (κ3) is 3.95. The maximum Gasteiger partial charge on any atom is 0.243 e. The Hall–Kier alpha value is -1.15. The van der Waals surface area contributed by atoms with Gasteiger partial charge in [-0.25, -0.2) is 8.42 Å². The average molecular weight is 428 g/mol. The number of piperidine rings is 1. The predicted molar refractivity (Wildman–Crippen MR) is 111 cm³/mol. The number of fused-ring (bicyclic) bond motifs is 1. The van der Waals surface area contributed by atoms with Crippen molar-refractivity contribution in [2.45, 2.75) is 43.5 Å². The number of sulfonamides is 1. The first-order valence-corrected chi connectivity index (χ1v) is 11.4. The van der Waals surface area contributed by atoms with E-state index in [1.807, 2.05) is 24.0 Å². The van der Waals surface area contributed by atoms with Crippen LogP contribution >= 0.6 is 12.4 Å². The summed E-state index contributed by atoms with van der Waals surface area (Å²) in [6.45, 7) is 4.23. The second kappa shape index (κ2) is 8.30. The van der Waals surface area contributed by atoms with Gasteiger partial charge in [0.1, 0.15) is 0 Å². The third-order valence-electron chi connectivity index (χ3n) is 6.62. The first-order valence-electron chi connectivity index (χ1n) is 9.97. The van der Waals surface area contributed by atoms with Crippen molar-refractivity contribution in [2.24, 2.45) is 23.5 Å². The Labute approximate surface area is 173 Å². The Morgan fingerprint density at radius 2 is 1.79 bits per heavy atom. The zero-order valence-electron chi connectivity index (χ0n) is 16.3. The summed E-state index contributed by atoms with van der Waals surface area (Å²) < 4.78 is 27.4. The molecule has 8 heteroatoms. The summed E-state index contributed by atoms with van der Waals surface area (Å²) in [5.41, 5.74) is 7.22. The number of halogens is 1. The van der Waals surface area contributed by atoms with Crippen LogP contribution in [0.3, 0.4) is 0 Å². The number of benzene rings is 1. The van der Waals surface area contributed by atoms with Gasteiger partial charge in [-0.1, -0.05) is 17.7 Å². The lowest BCUT2D eigenvalue weighted by Gasteiger charge is -2.33. The van der Waals surface area contributed by atoms with Crippen LogP contribution in [0.15, 0.2) is 29.2 Å². The molecule has 1 aromatic rings. The second-order valence-electron chi connectivity index (χ2n) is 8.42. The summed E-state index contributed by atoms with van der Waals surface area (Å²) in [5.74, 6) is 0.819. The zero-order chi connectivity index (χ0) is 19.2. The molecule has 3 aliphatic rings. The van der Waals surface area contributed by atoms with Crippen LogP contribution < -0.4 is 5.73 Å². The second-order valence-corrected chi connectivity index (χ2v) is 10.4. The molecule has 0 bridgehead atoms. The minimum atomic E-state index is -3.55. The number of amides is 1. The lowest BCUT2D eigenvalue weighted by molar-refractivity contribution is -0.135. The van der Waals surface area contributed by atoms with Gasteiger partial charge in [-0.15, -0.1) is 12.4 Å². The van der Waals surface area contributed by atoms with E-state index in [-0.39, 0.29) is 36.8 Å². The van der Waals surface area contributed by atoms with Crippen molar-refractivity contribution in [3.05, 3.63) is 29.8 Å². The largest absolute Gasteiger partial charge is 0.342 e. The number of likely N-dealkylation sites (tertiary alicyclic amines) is 1. The van der Waals surface area contributed by atoms with Crippen LogP contribution in [-0.2, 0) is 14.8 Å². The van der Waals surface area contributed by atoms with Gasteiger partial charge < -0.3 is 10.6 Å². The number of carbonyl (C=O) groups is 1. The first-order chi connectivity index (χ1) is 12.9. The third-order valence-corrected chi connectivity index (χ3v) is 8.50. The molecule has 1 saturated carbocycles. The molecule has 2 N–H and O–H groups in total. The van der Waals surface area contributed by atoms with E-state index in [2.05, 4.69) is 0 Å². The van der Waals surface area contributed by atoms with Crippen molar-refractivity contribution >= 4 is 28.3 Å². The first kappa shape index (κ1) is 21.6. The van der Waals surface area contributed by atoms with Crippen LogP contribution in [0, 0.1) is 24.7 Å². The Morgan fingerprint density at radius 3 is 2.46 bits per heavy atom. The highest BCUT2D eigenvalue weighted by atomic mass is 35.5. The number of nitrogens with zero attached hydrogens (tertiary/aromatic N) is 2. The summed E-state index contributed by atoms with van der Waals surface area (Å²) in [6, 6.07) is 7.13. The lowest BCUT2D eigenvalue weighted by atomic mass is 9.98. The molecule has 2 aliphatic heterocycles. The zero-order valence-corrected chi connectivity index (χ0v) is 17.9. The van der Waals surface area contributed by atoms with Gasteiger partial charge in [-0.05, 0) is 56.6 Å². The number of hydrogen-bond donors (Lipinski definition) is 1. The highest BCUT2D eigenvalue weighted by Crippen LogP contribution is 2.38. The van der Waals surface area contributed by atoms with Gasteiger partial charge in [0.25, 0.3) is 0 Å². The molecule has 0 aromatic heterocycles. The van der Waals surface area contributed by atoms with Crippen molar-refractivity contribution in [1.82, 2.24) is 9.21 Å². The van der Waals surface area contributed by atoms with Gasteiger partial charge in [0.05, 0.1) is 10.8 Å². The molecule has 1 aliphatic carbocycles. The molecule has 156 valence electrons. The predicted octanol–water partition coefficient (Wildman–Crippen LogP) is 2.01. The van der Waals surface area contributed by atoms with E-state index >= 15 is 0 Å². The molecule has 1 aromatic carbocycles. The molecular formula is C20H30ClN3O3S. The SMILES string of the molecule is Cc1ccc(S(=O)(=O)N2CCCC(C(=O)N3CC4CCC(N)C4C3)C2)cc1.Cl. The highest BCUT2D eigenvalue weighted by Gasteiger charge is 2.44. The lowest BCUT2D eigenvalue weighted by Crippen LogP contribution is -2.46. The van der Waals surface area contributed by atoms with Crippen LogP contribution in [0.2, 0.25) is 0 Å². The Kier molecular flexibility index (Phi) is 6.39. The van der Waals surface area contributed by atoms with Crippen molar-refractivity contribution < 1.29 is 13.2 Å². The van der Waals surface area contributed by atoms with E-state index < -0.39 is 10.0 Å². The number of nitrogens with two attached hydrogens (primary N) is 1. The fraction of sp³-hybridized carbons (Fsp3) is 0.650. The molecule has 1 amide bonds. The summed E-state index contributed by atoms with van der Waals surface area (Å²) >= 11 is 0. The van der Waals surface area contributed by atoms with Crippen LogP contribution in [0.5, 0.6) is 0 Å². The topological polar surface area (TPSA) is 83.7 Å². The highest BCUT2D eigenvalue weighted by molar-refractivity contribution is 7.89. The Morgan fingerprint density at radius 1 is 1.07 bits per heavy atom. The van der Waals surface area contributed by atoms with Gasteiger partial charge in [-0.2, -0.15) is 4.31 Å². The molecule has 28 heavy (non-hydrogen) atoms. The normalized spacial score (nSPS) is 30.7. The molecule has 2 heterocycles. The fourth-order valence-electron chi connectivity index (χ4n) is 4.97. The van der Waals surface area contributed by atoms with E-state index in [9.17, 15) is 13.2 Å². The maximum absolute atomic E-state index is 13.1. The minimum Gasteiger partial charge on any atom is -0.342 e. The van der Waals surface area contributed by atoms with Crippen molar-refractivity contribution in [3.8, 4) is 0 Å². The number of aryl methyl sites for hydroxylation is 1. The molecule has 4 rings (SSSR count). The molecule has 0 spiro atoms. The number of rotatable bonds is 3. The average Bonchev–Trinajstić information content (AvgIpc) is 3.24. The van der Waals surface area contributed by atoms with Crippen molar-refractivity contribution in [3.63, 3.8) is 0 Å². The maximum atomic E-state index is 13.1. The minimum absolute atomic E-state index is 0. The van der Waals surface area contributed by atoms with Crippen molar-refractivity contribution in [2.75, 3.05) is 26.2 Å². The van der Waals surface area contributed by atoms with Crippen molar-refractivity contribution in [1.29, 1.82) is 0 Å². The molecule has 4 atom stereocenters. The van der Waals surface area contributed by atoms with E-state index in [0.29, 0.717) is 23.3 Å². The Bertz CT molecular complexity index is 814. The summed E-state index contributed by atoms with van der Waals surface area (Å²) in [6.07, 6.45) is 3.65. The summed E-state index contributed by atoms with van der Waals surface area (Å²) in [7, 11) is -3.55. The molecule has 2 saturated heterocycles. The molecule has 4 unspecified atom stereocenters. The monoisotopic (exact) mass is 427 g/mol. The van der Waals surface area contributed by atoms with Gasteiger partial charge >= 0.3 is 0 Å². The van der Waals surface area contributed by atoms with Crippen LogP contribution in [-0.4, -0.2) is 55.8 Å². The van der Waals surface area contributed by atoms with Gasteiger partial charge in [-0.3, -0.25) is 4.79 Å². The van der Waals surface area contributed by atoms with Gasteiger partial charge in [0, 0.05) is 32.2 Å². The van der Waals surface area contributed by atoms with E-state index in [1.165, 1.54) is 4.31 Å². The van der Waals surface area contributed by atoms with Crippen LogP contribution in [0.4, 0.5) is 0 Å². The van der Waals surface area contributed by atoms with E-state index in [1.54, 1.807) is 12.1 Å². The van der Waals surface area contributed by atoms with E-state index in [4.69, 9.17) is 5.73 Å². The molecule has 0 radical (unpaired) electrons. The molecule has 6 nitrogen and oxygen atoms in total. The number of hydrogen-bond acceptors (Lipinski definition) is 4. The van der Waals surface area contributed by atoms with Crippen LogP contribution in [0.25, 0.3) is 0 Å². The van der Waals surface area contributed by atoms with Gasteiger partial charge in [0.2, 0.25) is 15.9 Å². The van der Waals surface area contributed by atoms with Gasteiger partial charge in [0.15, 0.2) is 0 Å². The van der Waals surface area contributed by atoms with E-state index in [0.717, 1.165) is 44.3 Å². The fourth-order valence-corrected chi connectivity index (χ4v) is 6.49. The molecule has 3 fully saturated rings.